The van der Waals surface area contributed by atoms with Gasteiger partial charge in [0, 0.05) is 16.6 Å². The molecule has 0 spiro atoms. The van der Waals surface area contributed by atoms with Crippen molar-refractivity contribution in [3.05, 3.63) is 33.8 Å². The highest BCUT2D eigenvalue weighted by atomic mass is 32.2. The first-order chi connectivity index (χ1) is 9.33. The van der Waals surface area contributed by atoms with Gasteiger partial charge in [-0.15, -0.1) is 11.3 Å². The van der Waals surface area contributed by atoms with Gasteiger partial charge in [-0.2, -0.15) is 0 Å². The van der Waals surface area contributed by atoms with E-state index >= 15 is 0 Å². The summed E-state index contributed by atoms with van der Waals surface area (Å²) in [6.45, 7) is 3.79. The molecule has 0 aliphatic carbocycles. The number of anilines is 1. The van der Waals surface area contributed by atoms with Crippen LogP contribution in [0.3, 0.4) is 0 Å². The molecule has 0 unspecified atom stereocenters. The quantitative estimate of drug-likeness (QED) is 0.876. The molecule has 0 aliphatic heterocycles. The predicted octanol–water partition coefficient (Wildman–Crippen LogP) is 2.32. The van der Waals surface area contributed by atoms with E-state index < -0.39 is 9.84 Å². The summed E-state index contributed by atoms with van der Waals surface area (Å²) >= 11 is 1.40. The van der Waals surface area contributed by atoms with E-state index in [1.165, 1.54) is 30.6 Å². The molecule has 0 atom stereocenters. The molecule has 0 radical (unpaired) electrons. The van der Waals surface area contributed by atoms with Crippen LogP contribution in [0.25, 0.3) is 0 Å². The highest BCUT2D eigenvalue weighted by molar-refractivity contribution is 7.90. The molecule has 0 fully saturated rings. The Morgan fingerprint density at radius 2 is 2.05 bits per heavy atom. The lowest BCUT2D eigenvalue weighted by atomic mass is 10.3. The van der Waals surface area contributed by atoms with Crippen LogP contribution in [-0.2, 0) is 15.6 Å². The van der Waals surface area contributed by atoms with Crippen molar-refractivity contribution in [2.45, 2.75) is 24.5 Å². The maximum Gasteiger partial charge on any atom is 0.188 e. The van der Waals surface area contributed by atoms with Crippen molar-refractivity contribution in [2.24, 2.45) is 0 Å². The normalized spacial score (nSPS) is 11.6. The van der Waals surface area contributed by atoms with Gasteiger partial charge in [-0.25, -0.2) is 13.4 Å². The lowest BCUT2D eigenvalue weighted by molar-refractivity contribution is 0.403. The molecule has 20 heavy (non-hydrogen) atoms. The van der Waals surface area contributed by atoms with E-state index in [2.05, 4.69) is 4.98 Å². The van der Waals surface area contributed by atoms with Crippen LogP contribution in [0.15, 0.2) is 23.1 Å². The Balaban J connectivity index is 2.40. The van der Waals surface area contributed by atoms with Gasteiger partial charge in [0.25, 0.3) is 0 Å². The smallest absolute Gasteiger partial charge is 0.188 e. The number of methoxy groups -OCH3 is 1. The molecule has 2 N–H and O–H groups in total. The number of hydrogen-bond acceptors (Lipinski definition) is 6. The van der Waals surface area contributed by atoms with Crippen LogP contribution in [0.1, 0.15) is 15.6 Å². The molecule has 5 nitrogen and oxygen atoms in total. The zero-order valence-electron chi connectivity index (χ0n) is 11.5. The van der Waals surface area contributed by atoms with Gasteiger partial charge in [0.1, 0.15) is 21.4 Å². The number of aromatic nitrogens is 1. The number of rotatable bonds is 4. The Bertz CT molecular complexity index is 717. The third-order valence-electron chi connectivity index (χ3n) is 2.91. The minimum absolute atomic E-state index is 0.132. The molecule has 0 saturated heterocycles. The van der Waals surface area contributed by atoms with Crippen molar-refractivity contribution in [1.29, 1.82) is 0 Å². The van der Waals surface area contributed by atoms with Crippen molar-refractivity contribution >= 4 is 26.9 Å². The van der Waals surface area contributed by atoms with E-state index in [0.29, 0.717) is 10.7 Å². The van der Waals surface area contributed by atoms with Crippen molar-refractivity contribution in [2.75, 3.05) is 12.8 Å². The number of sulfone groups is 1. The zero-order valence-corrected chi connectivity index (χ0v) is 13.1. The predicted molar refractivity (Wildman–Crippen MR) is 79.9 cm³/mol. The van der Waals surface area contributed by atoms with Gasteiger partial charge in [-0.3, -0.25) is 0 Å². The van der Waals surface area contributed by atoms with E-state index in [1.807, 2.05) is 13.8 Å². The topological polar surface area (TPSA) is 82.3 Å². The van der Waals surface area contributed by atoms with Gasteiger partial charge in [0.05, 0.1) is 12.8 Å². The average molecular weight is 312 g/mol. The van der Waals surface area contributed by atoms with Crippen molar-refractivity contribution < 1.29 is 13.2 Å². The Morgan fingerprint density at radius 1 is 1.35 bits per heavy atom. The summed E-state index contributed by atoms with van der Waals surface area (Å²) in [7, 11) is -2.09. The Morgan fingerprint density at radius 3 is 2.60 bits per heavy atom. The third kappa shape index (κ3) is 2.94. The average Bonchev–Trinajstić information content (AvgIpc) is 2.66. The summed E-state index contributed by atoms with van der Waals surface area (Å²) in [6.07, 6.45) is 0. The highest BCUT2D eigenvalue weighted by Crippen LogP contribution is 2.30. The second-order valence-electron chi connectivity index (χ2n) is 4.42. The van der Waals surface area contributed by atoms with E-state index in [0.717, 1.165) is 10.6 Å². The number of ether oxygens (including phenoxy) is 1. The minimum Gasteiger partial charge on any atom is -0.495 e. The SMILES string of the molecule is COc1cc(N)ccc1S(=O)(=O)Cc1nc(C)c(C)s1. The third-order valence-corrected chi connectivity index (χ3v) is 5.83. The van der Waals surface area contributed by atoms with Gasteiger partial charge < -0.3 is 10.5 Å². The number of thiazole rings is 1. The van der Waals surface area contributed by atoms with Crippen LogP contribution in [0.2, 0.25) is 0 Å². The molecule has 1 aromatic heterocycles. The largest absolute Gasteiger partial charge is 0.495 e. The Kier molecular flexibility index (Phi) is 4.01. The fraction of sp³-hybridized carbons (Fsp3) is 0.308. The summed E-state index contributed by atoms with van der Waals surface area (Å²) < 4.78 is 30.0. The second-order valence-corrected chi connectivity index (χ2v) is 7.66. The molecule has 2 aromatic rings. The minimum atomic E-state index is -3.51. The second kappa shape index (κ2) is 5.41. The number of hydrogen-bond donors (Lipinski definition) is 1. The fourth-order valence-electron chi connectivity index (χ4n) is 1.78. The van der Waals surface area contributed by atoms with Gasteiger partial charge in [-0.05, 0) is 26.0 Å². The molecule has 0 bridgehead atoms. The molecule has 0 amide bonds. The van der Waals surface area contributed by atoms with Crippen LogP contribution in [0, 0.1) is 13.8 Å². The summed E-state index contributed by atoms with van der Waals surface area (Å²) in [5, 5.41) is 0.582. The highest BCUT2D eigenvalue weighted by Gasteiger charge is 2.22. The van der Waals surface area contributed by atoms with E-state index in [1.54, 1.807) is 6.07 Å². The number of nitrogens with zero attached hydrogens (tertiary/aromatic N) is 1. The summed E-state index contributed by atoms with van der Waals surface area (Å²) in [4.78, 5) is 5.43. The molecule has 1 heterocycles. The first kappa shape index (κ1) is 14.8. The lowest BCUT2D eigenvalue weighted by Gasteiger charge is -2.09. The van der Waals surface area contributed by atoms with Gasteiger partial charge >= 0.3 is 0 Å². The van der Waals surface area contributed by atoms with Crippen LogP contribution in [0.5, 0.6) is 5.75 Å². The molecule has 0 saturated carbocycles. The first-order valence-electron chi connectivity index (χ1n) is 5.92. The number of benzene rings is 1. The molecule has 108 valence electrons. The Labute approximate surface area is 122 Å². The molecule has 2 rings (SSSR count). The zero-order chi connectivity index (χ0) is 14.9. The van der Waals surface area contributed by atoms with Crippen molar-refractivity contribution in [3.8, 4) is 5.75 Å². The van der Waals surface area contributed by atoms with Gasteiger partial charge in [0.2, 0.25) is 0 Å². The molecular formula is C13H16N2O3S2. The molecule has 7 heteroatoms. The summed E-state index contributed by atoms with van der Waals surface area (Å²) in [5.74, 6) is 0.127. The van der Waals surface area contributed by atoms with Gasteiger partial charge in [-0.1, -0.05) is 0 Å². The van der Waals surface area contributed by atoms with Crippen LogP contribution in [0.4, 0.5) is 5.69 Å². The van der Waals surface area contributed by atoms with Crippen molar-refractivity contribution in [3.63, 3.8) is 0 Å². The lowest BCUT2D eigenvalue weighted by Crippen LogP contribution is -2.07. The maximum absolute atomic E-state index is 12.5. The van der Waals surface area contributed by atoms with Crippen LogP contribution >= 0.6 is 11.3 Å². The fourth-order valence-corrected chi connectivity index (χ4v) is 4.48. The van der Waals surface area contributed by atoms with Crippen molar-refractivity contribution in [1.82, 2.24) is 4.98 Å². The van der Waals surface area contributed by atoms with E-state index in [9.17, 15) is 8.42 Å². The number of aryl methyl sites for hydroxylation is 2. The molecular weight excluding hydrogens is 296 g/mol. The van der Waals surface area contributed by atoms with E-state index in [-0.39, 0.29) is 16.4 Å². The number of nitrogen functional groups attached to an aromatic ring is 1. The standard InChI is InChI=1S/C13H16N2O3S2/c1-8-9(2)19-13(15-8)7-20(16,17)12-5-4-10(14)6-11(12)18-3/h4-6H,7,14H2,1-3H3. The summed E-state index contributed by atoms with van der Waals surface area (Å²) in [5.41, 5.74) is 6.96. The molecule has 0 aliphatic rings. The van der Waals surface area contributed by atoms with E-state index in [4.69, 9.17) is 10.5 Å². The first-order valence-corrected chi connectivity index (χ1v) is 8.39. The van der Waals surface area contributed by atoms with Crippen LogP contribution < -0.4 is 10.5 Å². The number of nitrogens with two attached hydrogens (primary N) is 1. The maximum atomic E-state index is 12.5. The molecule has 1 aromatic carbocycles. The summed E-state index contributed by atoms with van der Waals surface area (Å²) in [6, 6.07) is 4.52. The Hall–Kier alpha value is -1.60. The monoisotopic (exact) mass is 312 g/mol. The van der Waals surface area contributed by atoms with Gasteiger partial charge in [0.15, 0.2) is 9.84 Å². The van der Waals surface area contributed by atoms with Crippen LogP contribution in [-0.4, -0.2) is 20.5 Å².